The average Bonchev–Trinajstić information content (AvgIpc) is 2.48. The van der Waals surface area contributed by atoms with Crippen molar-refractivity contribution in [3.63, 3.8) is 0 Å². The van der Waals surface area contributed by atoms with Gasteiger partial charge in [-0.25, -0.2) is 4.89 Å². The summed E-state index contributed by atoms with van der Waals surface area (Å²) in [7, 11) is 0. The van der Waals surface area contributed by atoms with E-state index in [1.54, 1.807) is 6.92 Å². The molecule has 1 rings (SSSR count). The Morgan fingerprint density at radius 3 is 1.90 bits per heavy atom. The van der Waals surface area contributed by atoms with E-state index >= 15 is 0 Å². The first-order chi connectivity index (χ1) is 10.0. The average molecular weight is 297 g/mol. The molecule has 1 aromatic rings. The number of hydrogen-bond donors (Lipinski definition) is 2. The van der Waals surface area contributed by atoms with Crippen LogP contribution in [0, 0.1) is 5.92 Å². The Morgan fingerprint density at radius 1 is 1.10 bits per heavy atom. The van der Waals surface area contributed by atoms with E-state index in [0.717, 1.165) is 0 Å². The fourth-order valence-electron chi connectivity index (χ4n) is 1.59. The van der Waals surface area contributed by atoms with E-state index in [4.69, 9.17) is 9.99 Å². The monoisotopic (exact) mass is 297 g/mol. The van der Waals surface area contributed by atoms with Crippen molar-refractivity contribution in [3.05, 3.63) is 36.4 Å². The minimum absolute atomic E-state index is 0.000518. The van der Waals surface area contributed by atoms with Gasteiger partial charge in [-0.05, 0) is 20.8 Å². The van der Waals surface area contributed by atoms with E-state index in [2.05, 4.69) is 10.2 Å². The molecule has 1 amide bonds. The first-order valence-corrected chi connectivity index (χ1v) is 7.21. The molecule has 0 bridgehead atoms. The lowest BCUT2D eigenvalue weighted by molar-refractivity contribution is -0.263. The molecule has 0 radical (unpaired) electrons. The number of benzene rings is 1. The van der Waals surface area contributed by atoms with Gasteiger partial charge in [0.05, 0.1) is 12.0 Å². The van der Waals surface area contributed by atoms with E-state index in [-0.39, 0.29) is 24.5 Å². The van der Waals surface area contributed by atoms with Gasteiger partial charge in [-0.3, -0.25) is 10.1 Å². The summed E-state index contributed by atoms with van der Waals surface area (Å²) >= 11 is 0. The number of ether oxygens (including phenoxy) is 1. The van der Waals surface area contributed by atoms with E-state index in [1.165, 1.54) is 0 Å². The summed E-state index contributed by atoms with van der Waals surface area (Å²) in [6, 6.07) is 12.1. The number of hydrogen-bond acceptors (Lipinski definition) is 4. The Bertz CT molecular complexity index is 324. The molecule has 2 unspecified atom stereocenters. The molecule has 0 heterocycles. The summed E-state index contributed by atoms with van der Waals surface area (Å²) in [6.07, 6.45) is -0.418. The van der Waals surface area contributed by atoms with Gasteiger partial charge in [-0.1, -0.05) is 43.3 Å². The van der Waals surface area contributed by atoms with Gasteiger partial charge in [0.1, 0.15) is 6.61 Å². The molecular weight excluding hydrogens is 270 g/mol. The van der Waals surface area contributed by atoms with E-state index in [1.807, 2.05) is 57.2 Å². The van der Waals surface area contributed by atoms with Crippen LogP contribution in [0.2, 0.25) is 0 Å². The molecule has 0 aromatic heterocycles. The molecule has 1 aromatic carbocycles. The molecule has 21 heavy (non-hydrogen) atoms. The Hall–Kier alpha value is -1.43. The summed E-state index contributed by atoms with van der Waals surface area (Å²) in [4.78, 5) is 15.6. The van der Waals surface area contributed by atoms with E-state index in [0.29, 0.717) is 6.61 Å². The van der Waals surface area contributed by atoms with Gasteiger partial charge in [0, 0.05) is 12.6 Å². The minimum Gasteiger partial charge on any atom is -0.375 e. The zero-order chi connectivity index (χ0) is 16.1. The highest BCUT2D eigenvalue weighted by Crippen LogP contribution is 2.08. The lowest BCUT2D eigenvalue weighted by atomic mass is 10.0. The standard InChI is InChI=1S/C10H21NO4.C6H6/c1-5-14-9(6-15-13)8(4)10(12)11-7(2)3;1-2-4-6-5-3-1/h7-9,13H,5-6H2,1-4H3,(H,11,12);1-6H. The van der Waals surface area contributed by atoms with Crippen LogP contribution >= 0.6 is 0 Å². The van der Waals surface area contributed by atoms with Gasteiger partial charge < -0.3 is 10.1 Å². The van der Waals surface area contributed by atoms with Gasteiger partial charge in [-0.15, -0.1) is 0 Å². The molecule has 0 fully saturated rings. The van der Waals surface area contributed by atoms with Gasteiger partial charge in [0.2, 0.25) is 5.91 Å². The molecule has 0 aliphatic rings. The predicted octanol–water partition coefficient (Wildman–Crippen LogP) is 2.73. The van der Waals surface area contributed by atoms with E-state index < -0.39 is 6.10 Å². The molecule has 2 N–H and O–H groups in total. The summed E-state index contributed by atoms with van der Waals surface area (Å²) < 4.78 is 5.30. The third-order valence-corrected chi connectivity index (χ3v) is 2.69. The quantitative estimate of drug-likeness (QED) is 0.600. The highest BCUT2D eigenvalue weighted by Gasteiger charge is 2.25. The summed E-state index contributed by atoms with van der Waals surface area (Å²) in [6.45, 7) is 7.84. The zero-order valence-electron chi connectivity index (χ0n) is 13.3. The van der Waals surface area contributed by atoms with Crippen molar-refractivity contribution >= 4 is 5.91 Å². The fourth-order valence-corrected chi connectivity index (χ4v) is 1.59. The molecule has 0 aliphatic heterocycles. The van der Waals surface area contributed by atoms with Crippen LogP contribution in [0.4, 0.5) is 0 Å². The van der Waals surface area contributed by atoms with Crippen molar-refractivity contribution in [1.29, 1.82) is 0 Å². The number of amides is 1. The second kappa shape index (κ2) is 12.3. The minimum atomic E-state index is -0.418. The van der Waals surface area contributed by atoms with E-state index in [9.17, 15) is 4.79 Å². The predicted molar refractivity (Wildman–Crippen MR) is 82.9 cm³/mol. The highest BCUT2D eigenvalue weighted by atomic mass is 17.1. The SMILES string of the molecule is CCOC(COO)C(C)C(=O)NC(C)C.c1ccccc1. The number of rotatable bonds is 7. The number of carbonyl (C=O) groups is 1. The van der Waals surface area contributed by atoms with Crippen molar-refractivity contribution < 1.29 is 19.7 Å². The van der Waals surface area contributed by atoms with Crippen LogP contribution in [0.5, 0.6) is 0 Å². The van der Waals surface area contributed by atoms with Crippen LogP contribution in [0.25, 0.3) is 0 Å². The van der Waals surface area contributed by atoms with Gasteiger partial charge in [-0.2, -0.15) is 0 Å². The van der Waals surface area contributed by atoms with Crippen molar-refractivity contribution in [2.24, 2.45) is 5.92 Å². The third kappa shape index (κ3) is 10.0. The van der Waals surface area contributed by atoms with Crippen molar-refractivity contribution in [1.82, 2.24) is 5.32 Å². The molecule has 2 atom stereocenters. The lowest BCUT2D eigenvalue weighted by Gasteiger charge is -2.22. The maximum Gasteiger partial charge on any atom is 0.225 e. The maximum atomic E-state index is 11.6. The third-order valence-electron chi connectivity index (χ3n) is 2.69. The van der Waals surface area contributed by atoms with Crippen LogP contribution in [0.15, 0.2) is 36.4 Å². The first kappa shape index (κ1) is 19.6. The Kier molecular flexibility index (Phi) is 11.5. The number of nitrogens with one attached hydrogen (secondary N) is 1. The molecule has 120 valence electrons. The molecule has 5 nitrogen and oxygen atoms in total. The van der Waals surface area contributed by atoms with Crippen molar-refractivity contribution in [3.8, 4) is 0 Å². The molecule has 0 saturated carbocycles. The maximum absolute atomic E-state index is 11.6. The van der Waals surface area contributed by atoms with Crippen molar-refractivity contribution in [2.45, 2.75) is 39.8 Å². The topological polar surface area (TPSA) is 67.8 Å². The fraction of sp³-hybridized carbons (Fsp3) is 0.562. The zero-order valence-corrected chi connectivity index (χ0v) is 13.3. The van der Waals surface area contributed by atoms with Gasteiger partial charge in [0.25, 0.3) is 0 Å². The Balaban J connectivity index is 0.000000547. The molecule has 5 heteroatoms. The molecular formula is C16H27NO4. The lowest BCUT2D eigenvalue weighted by Crippen LogP contribution is -2.41. The number of carbonyl (C=O) groups excluding carboxylic acids is 1. The first-order valence-electron chi connectivity index (χ1n) is 7.21. The highest BCUT2D eigenvalue weighted by molar-refractivity contribution is 5.79. The summed E-state index contributed by atoms with van der Waals surface area (Å²) in [5.74, 6) is -0.444. The van der Waals surface area contributed by atoms with Gasteiger partial charge >= 0.3 is 0 Å². The Labute approximate surface area is 127 Å². The smallest absolute Gasteiger partial charge is 0.225 e. The molecule has 0 spiro atoms. The normalized spacial score (nSPS) is 13.0. The Morgan fingerprint density at radius 2 is 1.57 bits per heavy atom. The second-order valence-electron chi connectivity index (χ2n) is 4.90. The second-order valence-corrected chi connectivity index (χ2v) is 4.90. The summed E-state index contributed by atoms with van der Waals surface area (Å²) in [5, 5.41) is 11.1. The van der Waals surface area contributed by atoms with Crippen LogP contribution in [-0.4, -0.2) is 36.5 Å². The van der Waals surface area contributed by atoms with Crippen LogP contribution in [0.3, 0.4) is 0 Å². The van der Waals surface area contributed by atoms with Crippen LogP contribution in [0.1, 0.15) is 27.7 Å². The van der Waals surface area contributed by atoms with Gasteiger partial charge in [0.15, 0.2) is 0 Å². The van der Waals surface area contributed by atoms with Crippen LogP contribution < -0.4 is 5.32 Å². The molecule has 0 aliphatic carbocycles. The summed E-state index contributed by atoms with van der Waals surface area (Å²) in [5.41, 5.74) is 0. The van der Waals surface area contributed by atoms with Crippen molar-refractivity contribution in [2.75, 3.05) is 13.2 Å². The largest absolute Gasteiger partial charge is 0.375 e. The molecule has 0 saturated heterocycles. The van der Waals surface area contributed by atoms with Crippen LogP contribution in [-0.2, 0) is 14.4 Å².